The molecule has 1 aliphatic rings. The van der Waals surface area contributed by atoms with Crippen molar-refractivity contribution in [2.45, 2.75) is 20.3 Å². The highest BCUT2D eigenvalue weighted by molar-refractivity contribution is 7.19. The zero-order valence-corrected chi connectivity index (χ0v) is 16.0. The molecule has 0 unspecified atom stereocenters. The molecule has 2 aromatic heterocycles. The largest absolute Gasteiger partial charge is 0.486 e. The lowest BCUT2D eigenvalue weighted by molar-refractivity contribution is -0.114. The van der Waals surface area contributed by atoms with Crippen molar-refractivity contribution < 1.29 is 14.3 Å². The van der Waals surface area contributed by atoms with Crippen molar-refractivity contribution in [2.75, 3.05) is 18.5 Å². The van der Waals surface area contributed by atoms with Crippen LogP contribution in [0.5, 0.6) is 11.5 Å². The number of benzene rings is 1. The summed E-state index contributed by atoms with van der Waals surface area (Å²) >= 11 is 3.05. The Morgan fingerprint density at radius 1 is 1.27 bits per heavy atom. The van der Waals surface area contributed by atoms with Crippen LogP contribution in [0.3, 0.4) is 0 Å². The van der Waals surface area contributed by atoms with Crippen LogP contribution in [-0.4, -0.2) is 29.1 Å². The van der Waals surface area contributed by atoms with Gasteiger partial charge in [0.15, 0.2) is 16.6 Å². The van der Waals surface area contributed by atoms with E-state index in [1.807, 2.05) is 30.5 Å². The van der Waals surface area contributed by atoms with E-state index in [4.69, 9.17) is 14.5 Å². The third-order valence-electron chi connectivity index (χ3n) is 3.85. The molecule has 3 heterocycles. The molecule has 0 saturated heterocycles. The van der Waals surface area contributed by atoms with Crippen molar-refractivity contribution in [1.82, 2.24) is 9.97 Å². The van der Waals surface area contributed by atoms with E-state index in [9.17, 15) is 4.79 Å². The first-order chi connectivity index (χ1) is 12.6. The Morgan fingerprint density at radius 2 is 2.12 bits per heavy atom. The Hall–Kier alpha value is -2.45. The molecular formula is C18H17N3O3S2. The predicted octanol–water partition coefficient (Wildman–Crippen LogP) is 3.90. The third kappa shape index (κ3) is 3.42. The van der Waals surface area contributed by atoms with Gasteiger partial charge < -0.3 is 14.8 Å². The number of para-hydroxylation sites is 1. The number of rotatable bonds is 4. The van der Waals surface area contributed by atoms with Gasteiger partial charge in [-0.3, -0.25) is 4.79 Å². The van der Waals surface area contributed by atoms with Crippen molar-refractivity contribution in [3.05, 3.63) is 39.8 Å². The van der Waals surface area contributed by atoms with E-state index >= 15 is 0 Å². The smallest absolute Gasteiger partial charge is 0.223 e. The van der Waals surface area contributed by atoms with Gasteiger partial charge in [-0.1, -0.05) is 23.5 Å². The fourth-order valence-corrected chi connectivity index (χ4v) is 4.63. The second kappa shape index (κ2) is 7.05. The summed E-state index contributed by atoms with van der Waals surface area (Å²) in [6.07, 6.45) is 0.688. The Bertz CT molecular complexity index is 964. The Morgan fingerprint density at radius 3 is 2.96 bits per heavy atom. The molecule has 1 aromatic carbocycles. The standard InChI is InChI=1S/C18H17N3O3S2/c1-10-17(26-18(19-10)20-11(2)22)13-9-25-15(21-13)8-12-4-3-5-14-16(12)24-7-6-23-14/h3-5,9H,6-8H2,1-2H3,(H,19,20,22). The zero-order valence-electron chi connectivity index (χ0n) is 14.4. The summed E-state index contributed by atoms with van der Waals surface area (Å²) in [5.74, 6) is 1.49. The number of nitrogens with one attached hydrogen (secondary N) is 1. The quantitative estimate of drug-likeness (QED) is 0.735. The number of carbonyl (C=O) groups excluding carboxylic acids is 1. The third-order valence-corrected chi connectivity index (χ3v) is 5.80. The van der Waals surface area contributed by atoms with Crippen LogP contribution in [0.4, 0.5) is 5.13 Å². The van der Waals surface area contributed by atoms with E-state index in [0.717, 1.165) is 38.3 Å². The highest BCUT2D eigenvalue weighted by Gasteiger charge is 2.18. The number of aryl methyl sites for hydroxylation is 1. The molecule has 0 bridgehead atoms. The number of hydrogen-bond acceptors (Lipinski definition) is 7. The van der Waals surface area contributed by atoms with E-state index in [1.54, 1.807) is 11.3 Å². The molecule has 0 radical (unpaired) electrons. The van der Waals surface area contributed by atoms with Crippen LogP contribution in [0.1, 0.15) is 23.2 Å². The van der Waals surface area contributed by atoms with Crippen LogP contribution in [0.15, 0.2) is 23.6 Å². The summed E-state index contributed by atoms with van der Waals surface area (Å²) in [5.41, 5.74) is 2.83. The van der Waals surface area contributed by atoms with Gasteiger partial charge in [-0.15, -0.1) is 11.3 Å². The number of anilines is 1. The van der Waals surface area contributed by atoms with Gasteiger partial charge in [-0.25, -0.2) is 9.97 Å². The van der Waals surface area contributed by atoms with Gasteiger partial charge in [0.25, 0.3) is 0 Å². The summed E-state index contributed by atoms with van der Waals surface area (Å²) in [5, 5.41) is 6.35. The van der Waals surface area contributed by atoms with E-state index in [-0.39, 0.29) is 5.91 Å². The molecule has 1 N–H and O–H groups in total. The van der Waals surface area contributed by atoms with Crippen LogP contribution >= 0.6 is 22.7 Å². The lowest BCUT2D eigenvalue weighted by Gasteiger charge is -2.20. The van der Waals surface area contributed by atoms with Crippen LogP contribution in [0, 0.1) is 6.92 Å². The first-order valence-corrected chi connectivity index (χ1v) is 9.87. The minimum atomic E-state index is -0.125. The van der Waals surface area contributed by atoms with Gasteiger partial charge in [-0.2, -0.15) is 0 Å². The topological polar surface area (TPSA) is 73.3 Å². The predicted molar refractivity (Wildman–Crippen MR) is 103 cm³/mol. The molecule has 0 aliphatic carbocycles. The number of nitrogens with zero attached hydrogens (tertiary/aromatic N) is 2. The second-order valence-electron chi connectivity index (χ2n) is 5.86. The molecule has 3 aromatic rings. The molecule has 0 saturated carbocycles. The normalized spacial score (nSPS) is 12.8. The maximum Gasteiger partial charge on any atom is 0.223 e. The summed E-state index contributed by atoms with van der Waals surface area (Å²) in [7, 11) is 0. The average Bonchev–Trinajstić information content (AvgIpc) is 3.21. The number of aromatic nitrogens is 2. The average molecular weight is 387 g/mol. The first kappa shape index (κ1) is 17.0. The molecule has 1 aliphatic heterocycles. The molecule has 1 amide bonds. The number of amides is 1. The Kier molecular flexibility index (Phi) is 4.60. The minimum absolute atomic E-state index is 0.125. The van der Waals surface area contributed by atoms with Crippen molar-refractivity contribution in [3.63, 3.8) is 0 Å². The lowest BCUT2D eigenvalue weighted by Crippen LogP contribution is -2.16. The van der Waals surface area contributed by atoms with E-state index in [1.165, 1.54) is 18.3 Å². The van der Waals surface area contributed by atoms with Crippen LogP contribution in [-0.2, 0) is 11.2 Å². The summed E-state index contributed by atoms with van der Waals surface area (Å²) < 4.78 is 11.4. The molecule has 6 nitrogen and oxygen atoms in total. The molecule has 4 rings (SSSR count). The SMILES string of the molecule is CC(=O)Nc1nc(C)c(-c2csc(Cc3cccc4c3OCCO4)n2)s1. The molecular weight excluding hydrogens is 370 g/mol. The minimum Gasteiger partial charge on any atom is -0.486 e. The first-order valence-electron chi connectivity index (χ1n) is 8.17. The van der Waals surface area contributed by atoms with E-state index in [2.05, 4.69) is 10.3 Å². The van der Waals surface area contributed by atoms with Crippen molar-refractivity contribution in [1.29, 1.82) is 0 Å². The molecule has 26 heavy (non-hydrogen) atoms. The number of carbonyl (C=O) groups is 1. The highest BCUT2D eigenvalue weighted by atomic mass is 32.1. The van der Waals surface area contributed by atoms with Crippen molar-refractivity contribution in [2.24, 2.45) is 0 Å². The number of fused-ring (bicyclic) bond motifs is 1. The highest BCUT2D eigenvalue weighted by Crippen LogP contribution is 2.37. The molecule has 0 atom stereocenters. The van der Waals surface area contributed by atoms with Crippen LogP contribution in [0.25, 0.3) is 10.6 Å². The second-order valence-corrected chi connectivity index (χ2v) is 7.80. The van der Waals surface area contributed by atoms with Gasteiger partial charge in [0, 0.05) is 24.3 Å². The number of ether oxygens (including phenoxy) is 2. The fraction of sp³-hybridized carbons (Fsp3) is 0.278. The van der Waals surface area contributed by atoms with Crippen molar-refractivity contribution in [3.8, 4) is 22.1 Å². The summed E-state index contributed by atoms with van der Waals surface area (Å²) in [4.78, 5) is 21.3. The Labute approximate surface area is 158 Å². The van der Waals surface area contributed by atoms with E-state index < -0.39 is 0 Å². The molecule has 0 spiro atoms. The maximum atomic E-state index is 11.2. The van der Waals surface area contributed by atoms with Gasteiger partial charge in [0.05, 0.1) is 21.3 Å². The van der Waals surface area contributed by atoms with Gasteiger partial charge in [0.2, 0.25) is 5.91 Å². The van der Waals surface area contributed by atoms with Gasteiger partial charge >= 0.3 is 0 Å². The monoisotopic (exact) mass is 387 g/mol. The summed E-state index contributed by atoms with van der Waals surface area (Å²) in [6, 6.07) is 5.95. The lowest BCUT2D eigenvalue weighted by atomic mass is 10.1. The summed E-state index contributed by atoms with van der Waals surface area (Å²) in [6.45, 7) is 4.55. The zero-order chi connectivity index (χ0) is 18.1. The van der Waals surface area contributed by atoms with Crippen LogP contribution in [0.2, 0.25) is 0 Å². The molecule has 8 heteroatoms. The number of hydrogen-bond donors (Lipinski definition) is 1. The number of thiazole rings is 2. The van der Waals surface area contributed by atoms with Crippen molar-refractivity contribution >= 4 is 33.7 Å². The van der Waals surface area contributed by atoms with E-state index in [0.29, 0.717) is 24.8 Å². The maximum absolute atomic E-state index is 11.2. The van der Waals surface area contributed by atoms with Crippen LogP contribution < -0.4 is 14.8 Å². The molecule has 134 valence electrons. The Balaban J connectivity index is 1.58. The van der Waals surface area contributed by atoms with Gasteiger partial charge in [0.1, 0.15) is 13.2 Å². The van der Waals surface area contributed by atoms with Gasteiger partial charge in [-0.05, 0) is 13.0 Å². The fourth-order valence-electron chi connectivity index (χ4n) is 2.77. The molecule has 0 fully saturated rings.